The first-order valence-electron chi connectivity index (χ1n) is 12.4. The van der Waals surface area contributed by atoms with Crippen molar-refractivity contribution >= 4 is 16.9 Å². The molecule has 1 unspecified atom stereocenters. The lowest BCUT2D eigenvalue weighted by Gasteiger charge is -2.31. The second kappa shape index (κ2) is 9.84. The molecule has 1 fully saturated rings. The lowest BCUT2D eigenvalue weighted by atomic mass is 9.97. The summed E-state index contributed by atoms with van der Waals surface area (Å²) < 4.78 is 17.5. The van der Waals surface area contributed by atoms with Crippen molar-refractivity contribution in [1.29, 1.82) is 0 Å². The highest BCUT2D eigenvalue weighted by atomic mass is 16.5. The van der Waals surface area contributed by atoms with Crippen LogP contribution in [-0.2, 0) is 4.74 Å². The van der Waals surface area contributed by atoms with Crippen LogP contribution in [0.5, 0.6) is 5.75 Å². The van der Waals surface area contributed by atoms with Gasteiger partial charge in [-0.3, -0.25) is 14.5 Å². The van der Waals surface area contributed by atoms with Crippen molar-refractivity contribution in [2.75, 3.05) is 46.0 Å². The van der Waals surface area contributed by atoms with Gasteiger partial charge in [-0.25, -0.2) is 0 Å². The number of aryl methyl sites for hydroxylation is 2. The maximum Gasteiger partial charge on any atom is 0.290 e. The molecule has 1 amide bonds. The van der Waals surface area contributed by atoms with Gasteiger partial charge in [0.25, 0.3) is 5.91 Å². The number of hydrogen-bond donors (Lipinski definition) is 0. The minimum absolute atomic E-state index is 0.142. The molecule has 1 saturated heterocycles. The number of benzene rings is 2. The van der Waals surface area contributed by atoms with Crippen LogP contribution in [0.4, 0.5) is 0 Å². The Balaban J connectivity index is 1.60. The molecule has 1 aromatic heterocycles. The predicted molar refractivity (Wildman–Crippen MR) is 134 cm³/mol. The van der Waals surface area contributed by atoms with Gasteiger partial charge >= 0.3 is 0 Å². The van der Waals surface area contributed by atoms with E-state index in [0.29, 0.717) is 49.4 Å². The summed E-state index contributed by atoms with van der Waals surface area (Å²) in [6.45, 7) is 10.9. The molecule has 7 heteroatoms. The Morgan fingerprint density at radius 2 is 1.80 bits per heavy atom. The van der Waals surface area contributed by atoms with Gasteiger partial charge in [-0.15, -0.1) is 0 Å². The molecule has 0 N–H and O–H groups in total. The van der Waals surface area contributed by atoms with Crippen LogP contribution in [0.25, 0.3) is 11.0 Å². The minimum atomic E-state index is -0.522. The molecule has 2 aliphatic heterocycles. The standard InChI is InChI=1S/C28H32N2O5/c1-4-12-34-21-7-5-6-20(17-21)25-24-26(31)22-15-18(2)19(3)16-23(22)35-27(24)28(32)30(25)9-8-29-10-13-33-14-11-29/h5-7,15-17,25H,4,8-14H2,1-3H3. The molecule has 3 aromatic rings. The Morgan fingerprint density at radius 3 is 2.57 bits per heavy atom. The Hall–Kier alpha value is -3.16. The number of ether oxygens (including phenoxy) is 2. The number of rotatable bonds is 7. The fourth-order valence-electron chi connectivity index (χ4n) is 4.92. The highest BCUT2D eigenvalue weighted by molar-refractivity contribution is 5.99. The second-order valence-corrected chi connectivity index (χ2v) is 9.38. The fourth-order valence-corrected chi connectivity index (χ4v) is 4.92. The summed E-state index contributed by atoms with van der Waals surface area (Å²) in [4.78, 5) is 31.6. The quantitative estimate of drug-likeness (QED) is 0.512. The van der Waals surface area contributed by atoms with E-state index < -0.39 is 6.04 Å². The van der Waals surface area contributed by atoms with Gasteiger partial charge in [-0.1, -0.05) is 19.1 Å². The van der Waals surface area contributed by atoms with Crippen LogP contribution in [0, 0.1) is 13.8 Å². The molecular formula is C28H32N2O5. The highest BCUT2D eigenvalue weighted by Gasteiger charge is 2.42. The molecule has 2 aliphatic rings. The molecule has 0 aliphatic carbocycles. The van der Waals surface area contributed by atoms with Gasteiger partial charge in [-0.05, 0) is 61.2 Å². The maximum absolute atomic E-state index is 13.8. The number of carbonyl (C=O) groups excluding carboxylic acids is 1. The number of carbonyl (C=O) groups is 1. The Bertz CT molecular complexity index is 1310. The predicted octanol–water partition coefficient (Wildman–Crippen LogP) is 4.08. The van der Waals surface area contributed by atoms with E-state index in [4.69, 9.17) is 13.9 Å². The molecule has 3 heterocycles. The first-order valence-corrected chi connectivity index (χ1v) is 12.4. The third kappa shape index (κ3) is 4.46. The first-order chi connectivity index (χ1) is 17.0. The van der Waals surface area contributed by atoms with E-state index in [0.717, 1.165) is 42.0 Å². The number of hydrogen-bond acceptors (Lipinski definition) is 6. The molecule has 0 spiro atoms. The molecule has 0 saturated carbocycles. The topological polar surface area (TPSA) is 72.2 Å². The van der Waals surface area contributed by atoms with E-state index in [1.165, 1.54) is 0 Å². The van der Waals surface area contributed by atoms with E-state index in [9.17, 15) is 9.59 Å². The van der Waals surface area contributed by atoms with Gasteiger partial charge < -0.3 is 18.8 Å². The Morgan fingerprint density at radius 1 is 1.03 bits per heavy atom. The van der Waals surface area contributed by atoms with Crippen LogP contribution in [0.3, 0.4) is 0 Å². The number of morpholine rings is 1. The van der Waals surface area contributed by atoms with Gasteiger partial charge in [-0.2, -0.15) is 0 Å². The normalized spacial score (nSPS) is 18.3. The van der Waals surface area contributed by atoms with Crippen LogP contribution in [0.1, 0.15) is 52.2 Å². The van der Waals surface area contributed by atoms with E-state index >= 15 is 0 Å². The summed E-state index contributed by atoms with van der Waals surface area (Å²) in [6, 6.07) is 10.9. The average Bonchev–Trinajstić information content (AvgIpc) is 3.15. The highest BCUT2D eigenvalue weighted by Crippen LogP contribution is 2.39. The van der Waals surface area contributed by atoms with Crippen LogP contribution in [-0.4, -0.2) is 61.7 Å². The van der Waals surface area contributed by atoms with Crippen molar-refractivity contribution in [3.63, 3.8) is 0 Å². The molecule has 35 heavy (non-hydrogen) atoms. The second-order valence-electron chi connectivity index (χ2n) is 9.38. The molecule has 1 atom stereocenters. The van der Waals surface area contributed by atoms with Crippen molar-refractivity contribution in [3.05, 3.63) is 74.6 Å². The molecule has 5 rings (SSSR count). The zero-order chi connectivity index (χ0) is 24.5. The molecule has 0 bridgehead atoms. The van der Waals surface area contributed by atoms with Crippen LogP contribution in [0.15, 0.2) is 45.6 Å². The lowest BCUT2D eigenvalue weighted by molar-refractivity contribution is 0.0314. The fraction of sp³-hybridized carbons (Fsp3) is 0.429. The Labute approximate surface area is 205 Å². The third-order valence-electron chi connectivity index (χ3n) is 6.99. The lowest BCUT2D eigenvalue weighted by Crippen LogP contribution is -2.42. The smallest absolute Gasteiger partial charge is 0.290 e. The van der Waals surface area contributed by atoms with Crippen molar-refractivity contribution in [3.8, 4) is 5.75 Å². The third-order valence-corrected chi connectivity index (χ3v) is 6.99. The summed E-state index contributed by atoms with van der Waals surface area (Å²) in [7, 11) is 0. The monoisotopic (exact) mass is 476 g/mol. The van der Waals surface area contributed by atoms with Crippen LogP contribution in [0.2, 0.25) is 0 Å². The largest absolute Gasteiger partial charge is 0.494 e. The molecular weight excluding hydrogens is 444 g/mol. The number of fused-ring (bicyclic) bond motifs is 2. The Kier molecular flexibility index (Phi) is 6.62. The van der Waals surface area contributed by atoms with E-state index in [1.807, 2.05) is 50.2 Å². The maximum atomic E-state index is 13.8. The van der Waals surface area contributed by atoms with Gasteiger partial charge in [0.1, 0.15) is 11.3 Å². The first kappa shape index (κ1) is 23.6. The average molecular weight is 477 g/mol. The van der Waals surface area contributed by atoms with Crippen molar-refractivity contribution in [1.82, 2.24) is 9.80 Å². The SMILES string of the molecule is CCCOc1cccc(C2c3c(oc4cc(C)c(C)cc4c3=O)C(=O)N2CCN2CCOCC2)c1. The van der Waals surface area contributed by atoms with Crippen molar-refractivity contribution in [2.45, 2.75) is 33.2 Å². The van der Waals surface area contributed by atoms with Crippen LogP contribution < -0.4 is 10.2 Å². The van der Waals surface area contributed by atoms with Crippen molar-refractivity contribution in [2.24, 2.45) is 0 Å². The van der Waals surface area contributed by atoms with Gasteiger partial charge in [0.05, 0.1) is 36.8 Å². The summed E-state index contributed by atoms with van der Waals surface area (Å²) >= 11 is 0. The van der Waals surface area contributed by atoms with Crippen molar-refractivity contribution < 1.29 is 18.7 Å². The summed E-state index contributed by atoms with van der Waals surface area (Å²) in [5, 5.41) is 0.512. The molecule has 2 aromatic carbocycles. The van der Waals surface area contributed by atoms with E-state index in [2.05, 4.69) is 11.8 Å². The summed E-state index contributed by atoms with van der Waals surface area (Å²) in [5.41, 5.74) is 3.62. The molecule has 184 valence electrons. The van der Waals surface area contributed by atoms with Gasteiger partial charge in [0, 0.05) is 26.2 Å². The van der Waals surface area contributed by atoms with Gasteiger partial charge in [0.2, 0.25) is 5.76 Å². The molecule has 7 nitrogen and oxygen atoms in total. The minimum Gasteiger partial charge on any atom is -0.494 e. The molecule has 0 radical (unpaired) electrons. The number of amides is 1. The number of nitrogens with zero attached hydrogens (tertiary/aromatic N) is 2. The summed E-state index contributed by atoms with van der Waals surface area (Å²) in [6.07, 6.45) is 0.898. The zero-order valence-electron chi connectivity index (χ0n) is 20.6. The zero-order valence-corrected chi connectivity index (χ0v) is 20.6. The van der Waals surface area contributed by atoms with Crippen LogP contribution >= 0.6 is 0 Å². The van der Waals surface area contributed by atoms with E-state index in [-0.39, 0.29) is 17.1 Å². The summed E-state index contributed by atoms with van der Waals surface area (Å²) in [5.74, 6) is 0.642. The van der Waals surface area contributed by atoms with E-state index in [1.54, 1.807) is 4.90 Å². The van der Waals surface area contributed by atoms with Gasteiger partial charge in [0.15, 0.2) is 5.43 Å².